The topological polar surface area (TPSA) is 41.9 Å². The van der Waals surface area contributed by atoms with Crippen LogP contribution in [0.25, 0.3) is 0 Å². The number of nitrogens with zero attached hydrogens (tertiary/aromatic N) is 2. The molecule has 4 nitrogen and oxygen atoms in total. The number of fused-ring (bicyclic) bond motifs is 1. The van der Waals surface area contributed by atoms with Crippen LogP contribution in [0.2, 0.25) is 0 Å². The lowest BCUT2D eigenvalue weighted by atomic mass is 9.86. The van der Waals surface area contributed by atoms with Gasteiger partial charge in [0.25, 0.3) is 0 Å². The van der Waals surface area contributed by atoms with Crippen molar-refractivity contribution in [3.8, 4) is 5.75 Å². The van der Waals surface area contributed by atoms with Crippen molar-refractivity contribution < 1.29 is 9.53 Å². The van der Waals surface area contributed by atoms with Crippen molar-refractivity contribution in [3.63, 3.8) is 0 Å². The van der Waals surface area contributed by atoms with E-state index in [0.29, 0.717) is 12.6 Å². The first kappa shape index (κ1) is 20.7. The van der Waals surface area contributed by atoms with Crippen molar-refractivity contribution in [1.29, 1.82) is 0 Å². The number of ether oxygens (including phenoxy) is 1. The number of carbonyl (C=O) groups is 1. The largest absolute Gasteiger partial charge is 0.426 e. The van der Waals surface area contributed by atoms with E-state index in [1.54, 1.807) is 0 Å². The molecule has 0 spiro atoms. The second-order valence-electron chi connectivity index (χ2n) is 7.33. The Bertz CT molecular complexity index is 773. The number of hydrogen-bond donors (Lipinski definition) is 0. The van der Waals surface area contributed by atoms with Crippen LogP contribution in [-0.4, -0.2) is 43.3 Å². The van der Waals surface area contributed by atoms with Crippen molar-refractivity contribution in [2.45, 2.75) is 51.5 Å². The van der Waals surface area contributed by atoms with Crippen LogP contribution in [0.15, 0.2) is 40.7 Å². The summed E-state index contributed by atoms with van der Waals surface area (Å²) in [7, 11) is 0. The van der Waals surface area contributed by atoms with Crippen LogP contribution in [0.4, 0.5) is 0 Å². The third kappa shape index (κ3) is 5.52. The Balaban J connectivity index is 1.65. The number of hydrogen-bond acceptors (Lipinski definition) is 5. The van der Waals surface area contributed by atoms with E-state index in [2.05, 4.69) is 47.1 Å². The maximum atomic E-state index is 12.0. The molecule has 5 heteroatoms. The molecule has 0 saturated heterocycles. The number of thiophene rings is 1. The van der Waals surface area contributed by atoms with Crippen LogP contribution in [0.5, 0.6) is 5.75 Å². The number of rotatable bonds is 10. The first-order chi connectivity index (χ1) is 13.7. The van der Waals surface area contributed by atoms with Gasteiger partial charge in [-0.15, -0.1) is 11.3 Å². The summed E-state index contributed by atoms with van der Waals surface area (Å²) in [5.41, 5.74) is 2.52. The summed E-state index contributed by atoms with van der Waals surface area (Å²) >= 11 is 1.85. The van der Waals surface area contributed by atoms with Gasteiger partial charge < -0.3 is 9.73 Å². The zero-order valence-electron chi connectivity index (χ0n) is 16.7. The summed E-state index contributed by atoms with van der Waals surface area (Å²) in [5, 5.41) is 2.16. The van der Waals surface area contributed by atoms with Gasteiger partial charge in [0.1, 0.15) is 5.75 Å². The first-order valence-corrected chi connectivity index (χ1v) is 11.1. The molecule has 0 amide bonds. The van der Waals surface area contributed by atoms with Gasteiger partial charge in [0.05, 0.1) is 6.42 Å². The fourth-order valence-electron chi connectivity index (χ4n) is 3.98. The summed E-state index contributed by atoms with van der Waals surface area (Å²) in [5.74, 6) is 0.497. The number of carbonyl (C=O) groups excluding carboxylic acids is 1. The molecule has 0 radical (unpaired) electrons. The molecule has 1 heterocycles. The van der Waals surface area contributed by atoms with E-state index in [1.807, 2.05) is 23.5 Å². The Morgan fingerprint density at radius 1 is 1.32 bits per heavy atom. The minimum Gasteiger partial charge on any atom is -0.426 e. The van der Waals surface area contributed by atoms with Crippen LogP contribution in [0, 0.1) is 0 Å². The van der Waals surface area contributed by atoms with Gasteiger partial charge in [-0.3, -0.25) is 9.69 Å². The fraction of sp³-hybridized carbons (Fsp3) is 0.478. The standard InChI is InChI=1S/C23H30N2O2S/c1-3-14-25(15-12-20-7-5-16-28-20)19-9-10-21-18(17-19)6-4-8-22(21)27-23(26)11-13-24-2/h4-8,16,19H,2-3,9-15,17H2,1H3/t19-/m0/s1. The third-order valence-electron chi connectivity index (χ3n) is 5.36. The second-order valence-corrected chi connectivity index (χ2v) is 8.36. The highest BCUT2D eigenvalue weighted by Crippen LogP contribution is 2.32. The van der Waals surface area contributed by atoms with Crippen LogP contribution < -0.4 is 4.74 Å². The Labute approximate surface area is 172 Å². The Morgan fingerprint density at radius 3 is 2.96 bits per heavy atom. The van der Waals surface area contributed by atoms with Gasteiger partial charge in [0.15, 0.2) is 0 Å². The maximum absolute atomic E-state index is 12.0. The minimum atomic E-state index is -0.230. The molecular formula is C23H30N2O2S. The smallest absolute Gasteiger partial charge is 0.313 e. The molecule has 1 atom stereocenters. The Kier molecular flexibility index (Phi) is 7.80. The van der Waals surface area contributed by atoms with Crippen molar-refractivity contribution >= 4 is 24.0 Å². The zero-order valence-corrected chi connectivity index (χ0v) is 17.5. The molecule has 1 aromatic heterocycles. The van der Waals surface area contributed by atoms with E-state index in [4.69, 9.17) is 4.74 Å². The highest BCUT2D eigenvalue weighted by Gasteiger charge is 2.26. The molecule has 1 aromatic carbocycles. The summed E-state index contributed by atoms with van der Waals surface area (Å²) < 4.78 is 5.62. The van der Waals surface area contributed by atoms with Crippen LogP contribution >= 0.6 is 11.3 Å². The SMILES string of the molecule is C=NCCC(=O)Oc1cccc2c1CC[C@H](N(CCC)CCc1cccs1)C2. The van der Waals surface area contributed by atoms with E-state index >= 15 is 0 Å². The molecule has 0 saturated carbocycles. The molecule has 0 N–H and O–H groups in total. The van der Waals surface area contributed by atoms with E-state index < -0.39 is 0 Å². The molecule has 2 aromatic rings. The molecular weight excluding hydrogens is 368 g/mol. The molecule has 150 valence electrons. The molecule has 1 aliphatic carbocycles. The number of esters is 1. The van der Waals surface area contributed by atoms with Gasteiger partial charge in [0.2, 0.25) is 0 Å². The van der Waals surface area contributed by atoms with Gasteiger partial charge in [-0.2, -0.15) is 0 Å². The van der Waals surface area contributed by atoms with Gasteiger partial charge in [0, 0.05) is 24.0 Å². The predicted octanol–water partition coefficient (Wildman–Crippen LogP) is 4.56. The lowest BCUT2D eigenvalue weighted by Gasteiger charge is -2.35. The van der Waals surface area contributed by atoms with Gasteiger partial charge in [-0.05, 0) is 74.0 Å². The summed E-state index contributed by atoms with van der Waals surface area (Å²) in [6.07, 6.45) is 5.67. The molecule has 0 unspecified atom stereocenters. The lowest BCUT2D eigenvalue weighted by Crippen LogP contribution is -2.41. The Hall–Kier alpha value is -1.98. The zero-order chi connectivity index (χ0) is 19.8. The van der Waals surface area contributed by atoms with Crippen LogP contribution in [0.1, 0.15) is 42.2 Å². The maximum Gasteiger partial charge on any atom is 0.313 e. The van der Waals surface area contributed by atoms with Crippen molar-refractivity contribution in [2.75, 3.05) is 19.6 Å². The van der Waals surface area contributed by atoms with E-state index in [9.17, 15) is 4.79 Å². The summed E-state index contributed by atoms with van der Waals surface area (Å²) in [4.78, 5) is 19.8. The molecule has 0 bridgehead atoms. The molecule has 3 rings (SSSR count). The minimum absolute atomic E-state index is 0.230. The van der Waals surface area contributed by atoms with Crippen molar-refractivity contribution in [3.05, 3.63) is 51.7 Å². The normalized spacial score (nSPS) is 16.0. The highest BCUT2D eigenvalue weighted by atomic mass is 32.1. The Morgan fingerprint density at radius 2 is 2.21 bits per heavy atom. The highest BCUT2D eigenvalue weighted by molar-refractivity contribution is 7.09. The van der Waals surface area contributed by atoms with E-state index in [1.165, 1.54) is 22.4 Å². The van der Waals surface area contributed by atoms with Crippen LogP contribution in [0.3, 0.4) is 0 Å². The number of aliphatic imine (C=N–C) groups is 1. The molecule has 0 aliphatic heterocycles. The lowest BCUT2D eigenvalue weighted by molar-refractivity contribution is -0.134. The van der Waals surface area contributed by atoms with Crippen molar-refractivity contribution in [2.24, 2.45) is 4.99 Å². The van der Waals surface area contributed by atoms with Crippen LogP contribution in [-0.2, 0) is 24.1 Å². The first-order valence-electron chi connectivity index (χ1n) is 10.2. The average molecular weight is 399 g/mol. The molecule has 1 aliphatic rings. The van der Waals surface area contributed by atoms with Gasteiger partial charge >= 0.3 is 5.97 Å². The predicted molar refractivity (Wildman–Crippen MR) is 117 cm³/mol. The summed E-state index contributed by atoms with van der Waals surface area (Å²) in [6.45, 7) is 8.32. The third-order valence-corrected chi connectivity index (χ3v) is 6.30. The quantitative estimate of drug-likeness (QED) is 0.335. The monoisotopic (exact) mass is 398 g/mol. The average Bonchev–Trinajstić information content (AvgIpc) is 3.23. The number of benzene rings is 1. The van der Waals surface area contributed by atoms with Gasteiger partial charge in [-0.25, -0.2) is 0 Å². The summed E-state index contributed by atoms with van der Waals surface area (Å²) in [6, 6.07) is 11.0. The van der Waals surface area contributed by atoms with E-state index in [0.717, 1.165) is 44.5 Å². The fourth-order valence-corrected chi connectivity index (χ4v) is 4.68. The molecule has 28 heavy (non-hydrogen) atoms. The van der Waals surface area contributed by atoms with Crippen molar-refractivity contribution in [1.82, 2.24) is 4.90 Å². The second kappa shape index (κ2) is 10.5. The van der Waals surface area contributed by atoms with E-state index in [-0.39, 0.29) is 12.4 Å². The van der Waals surface area contributed by atoms with Gasteiger partial charge in [-0.1, -0.05) is 25.1 Å². The molecule has 0 fully saturated rings.